The standard InChI is InChI=1S/C18H26FN3O2/c1-13(2)20-16(23)18(3,4)17(24)22-11-9-21(10-12-22)15-7-5-14(19)6-8-15/h5-8,13H,9-12H2,1-4H3,(H,20,23). The Morgan fingerprint density at radius 1 is 1.08 bits per heavy atom. The van der Waals surface area contributed by atoms with Crippen molar-refractivity contribution in [3.05, 3.63) is 30.1 Å². The minimum Gasteiger partial charge on any atom is -0.368 e. The highest BCUT2D eigenvalue weighted by Crippen LogP contribution is 2.23. The molecular weight excluding hydrogens is 309 g/mol. The van der Waals surface area contributed by atoms with Crippen LogP contribution >= 0.6 is 0 Å². The molecule has 0 aliphatic carbocycles. The van der Waals surface area contributed by atoms with E-state index in [1.807, 2.05) is 13.8 Å². The Morgan fingerprint density at radius 3 is 2.12 bits per heavy atom. The predicted molar refractivity (Wildman–Crippen MR) is 92.3 cm³/mol. The van der Waals surface area contributed by atoms with E-state index < -0.39 is 5.41 Å². The maximum atomic E-state index is 13.0. The van der Waals surface area contributed by atoms with Gasteiger partial charge in [-0.15, -0.1) is 0 Å². The van der Waals surface area contributed by atoms with Crippen molar-refractivity contribution in [1.29, 1.82) is 0 Å². The topological polar surface area (TPSA) is 52.7 Å². The van der Waals surface area contributed by atoms with Gasteiger partial charge in [-0.2, -0.15) is 0 Å². The molecule has 24 heavy (non-hydrogen) atoms. The van der Waals surface area contributed by atoms with Crippen LogP contribution in [0.1, 0.15) is 27.7 Å². The van der Waals surface area contributed by atoms with Crippen LogP contribution in [-0.4, -0.2) is 48.9 Å². The summed E-state index contributed by atoms with van der Waals surface area (Å²) in [6, 6.07) is 6.36. The van der Waals surface area contributed by atoms with Gasteiger partial charge in [0.05, 0.1) is 0 Å². The minimum absolute atomic E-state index is 0.0000940. The van der Waals surface area contributed by atoms with Gasteiger partial charge in [0.2, 0.25) is 11.8 Å². The van der Waals surface area contributed by atoms with E-state index in [1.165, 1.54) is 12.1 Å². The molecular formula is C18H26FN3O2. The Morgan fingerprint density at radius 2 is 1.62 bits per heavy atom. The molecule has 0 radical (unpaired) electrons. The Hall–Kier alpha value is -2.11. The summed E-state index contributed by atoms with van der Waals surface area (Å²) in [5, 5.41) is 2.81. The number of amides is 2. The zero-order valence-corrected chi connectivity index (χ0v) is 14.8. The van der Waals surface area contributed by atoms with Crippen LogP contribution in [0.4, 0.5) is 10.1 Å². The van der Waals surface area contributed by atoms with E-state index in [-0.39, 0.29) is 23.7 Å². The molecule has 0 saturated carbocycles. The molecule has 1 aromatic rings. The summed E-state index contributed by atoms with van der Waals surface area (Å²) >= 11 is 0. The van der Waals surface area contributed by atoms with Crippen molar-refractivity contribution in [2.24, 2.45) is 5.41 Å². The van der Waals surface area contributed by atoms with Gasteiger partial charge in [-0.1, -0.05) is 0 Å². The van der Waals surface area contributed by atoms with Crippen LogP contribution in [0.25, 0.3) is 0 Å². The average Bonchev–Trinajstić information content (AvgIpc) is 2.54. The van der Waals surface area contributed by atoms with Crippen molar-refractivity contribution in [3.63, 3.8) is 0 Å². The molecule has 0 aromatic heterocycles. The number of carbonyl (C=O) groups is 2. The number of piperazine rings is 1. The molecule has 1 fully saturated rings. The summed E-state index contributed by atoms with van der Waals surface area (Å²) in [6.45, 7) is 9.51. The Balaban J connectivity index is 1.97. The first-order valence-electron chi connectivity index (χ1n) is 8.32. The zero-order valence-electron chi connectivity index (χ0n) is 14.8. The molecule has 1 heterocycles. The molecule has 2 amide bonds. The van der Waals surface area contributed by atoms with Crippen LogP contribution in [0.3, 0.4) is 0 Å². The molecule has 0 spiro atoms. The summed E-state index contributed by atoms with van der Waals surface area (Å²) in [5.74, 6) is -0.659. The highest BCUT2D eigenvalue weighted by Gasteiger charge is 2.40. The summed E-state index contributed by atoms with van der Waals surface area (Å²) in [5.41, 5.74) is -0.136. The number of hydrogen-bond acceptors (Lipinski definition) is 3. The van der Waals surface area contributed by atoms with E-state index in [0.717, 1.165) is 5.69 Å². The lowest BCUT2D eigenvalue weighted by molar-refractivity contribution is -0.149. The first kappa shape index (κ1) is 18.2. The van der Waals surface area contributed by atoms with Gasteiger partial charge in [0.1, 0.15) is 11.2 Å². The fourth-order valence-electron chi connectivity index (χ4n) is 2.75. The van der Waals surface area contributed by atoms with Gasteiger partial charge in [0.15, 0.2) is 0 Å². The van der Waals surface area contributed by atoms with E-state index in [1.54, 1.807) is 30.9 Å². The van der Waals surface area contributed by atoms with Gasteiger partial charge < -0.3 is 15.1 Å². The van der Waals surface area contributed by atoms with Gasteiger partial charge in [-0.3, -0.25) is 9.59 Å². The third kappa shape index (κ3) is 4.04. The van der Waals surface area contributed by atoms with Crippen molar-refractivity contribution in [2.45, 2.75) is 33.7 Å². The fraction of sp³-hybridized carbons (Fsp3) is 0.556. The highest BCUT2D eigenvalue weighted by atomic mass is 19.1. The lowest BCUT2D eigenvalue weighted by Crippen LogP contribution is -2.56. The number of benzene rings is 1. The van der Waals surface area contributed by atoms with Crippen molar-refractivity contribution in [1.82, 2.24) is 10.2 Å². The Labute approximate surface area is 142 Å². The lowest BCUT2D eigenvalue weighted by Gasteiger charge is -2.39. The molecule has 1 aromatic carbocycles. The lowest BCUT2D eigenvalue weighted by atomic mass is 9.89. The smallest absolute Gasteiger partial charge is 0.237 e. The summed E-state index contributed by atoms with van der Waals surface area (Å²) in [6.07, 6.45) is 0. The maximum absolute atomic E-state index is 13.0. The zero-order chi connectivity index (χ0) is 17.9. The van der Waals surface area contributed by atoms with Crippen molar-refractivity contribution >= 4 is 17.5 Å². The van der Waals surface area contributed by atoms with Gasteiger partial charge >= 0.3 is 0 Å². The van der Waals surface area contributed by atoms with Crippen LogP contribution in [0.15, 0.2) is 24.3 Å². The molecule has 1 aliphatic rings. The third-order valence-electron chi connectivity index (χ3n) is 4.28. The first-order chi connectivity index (χ1) is 11.2. The van der Waals surface area contributed by atoms with Crippen LogP contribution in [-0.2, 0) is 9.59 Å². The fourth-order valence-corrected chi connectivity index (χ4v) is 2.75. The molecule has 1 saturated heterocycles. The van der Waals surface area contributed by atoms with E-state index >= 15 is 0 Å². The monoisotopic (exact) mass is 335 g/mol. The molecule has 0 bridgehead atoms. The largest absolute Gasteiger partial charge is 0.368 e. The SMILES string of the molecule is CC(C)NC(=O)C(C)(C)C(=O)N1CCN(c2ccc(F)cc2)CC1. The van der Waals surface area contributed by atoms with Crippen molar-refractivity contribution in [2.75, 3.05) is 31.1 Å². The predicted octanol–water partition coefficient (Wildman–Crippen LogP) is 2.03. The van der Waals surface area contributed by atoms with E-state index in [0.29, 0.717) is 26.2 Å². The van der Waals surface area contributed by atoms with Gasteiger partial charge in [0, 0.05) is 37.9 Å². The van der Waals surface area contributed by atoms with E-state index in [2.05, 4.69) is 10.2 Å². The minimum atomic E-state index is -1.08. The number of anilines is 1. The first-order valence-corrected chi connectivity index (χ1v) is 8.32. The number of nitrogens with one attached hydrogen (secondary N) is 1. The van der Waals surface area contributed by atoms with Gasteiger partial charge in [-0.05, 0) is 52.0 Å². The van der Waals surface area contributed by atoms with Crippen LogP contribution in [0.2, 0.25) is 0 Å². The van der Waals surface area contributed by atoms with Crippen LogP contribution in [0, 0.1) is 11.2 Å². The molecule has 132 valence electrons. The van der Waals surface area contributed by atoms with E-state index in [9.17, 15) is 14.0 Å². The van der Waals surface area contributed by atoms with Gasteiger partial charge in [-0.25, -0.2) is 4.39 Å². The average molecular weight is 335 g/mol. The quantitative estimate of drug-likeness (QED) is 0.857. The highest BCUT2D eigenvalue weighted by molar-refractivity contribution is 6.04. The van der Waals surface area contributed by atoms with Crippen LogP contribution in [0.5, 0.6) is 0 Å². The molecule has 2 rings (SSSR count). The Bertz CT molecular complexity index is 591. The molecule has 5 nitrogen and oxygen atoms in total. The number of hydrogen-bond donors (Lipinski definition) is 1. The molecule has 1 N–H and O–H groups in total. The van der Waals surface area contributed by atoms with Crippen molar-refractivity contribution < 1.29 is 14.0 Å². The number of carbonyl (C=O) groups excluding carboxylic acids is 2. The summed E-state index contributed by atoms with van der Waals surface area (Å²) < 4.78 is 13.0. The number of nitrogens with zero attached hydrogens (tertiary/aromatic N) is 2. The third-order valence-corrected chi connectivity index (χ3v) is 4.28. The van der Waals surface area contributed by atoms with E-state index in [4.69, 9.17) is 0 Å². The molecule has 0 atom stereocenters. The molecule has 0 unspecified atom stereocenters. The van der Waals surface area contributed by atoms with Gasteiger partial charge in [0.25, 0.3) is 0 Å². The van der Waals surface area contributed by atoms with Crippen molar-refractivity contribution in [3.8, 4) is 0 Å². The summed E-state index contributed by atoms with van der Waals surface area (Å²) in [7, 11) is 0. The normalized spacial score (nSPS) is 15.6. The second-order valence-electron chi connectivity index (χ2n) is 7.01. The second-order valence-corrected chi connectivity index (χ2v) is 7.01. The maximum Gasteiger partial charge on any atom is 0.237 e. The molecule has 1 aliphatic heterocycles. The number of halogens is 1. The Kier molecular flexibility index (Phi) is 5.47. The number of rotatable bonds is 4. The molecule has 6 heteroatoms. The second kappa shape index (κ2) is 7.20. The van der Waals surface area contributed by atoms with Crippen LogP contribution < -0.4 is 10.2 Å². The summed E-state index contributed by atoms with van der Waals surface area (Å²) in [4.78, 5) is 28.9.